The van der Waals surface area contributed by atoms with Crippen molar-refractivity contribution in [1.82, 2.24) is 15.2 Å². The van der Waals surface area contributed by atoms with Gasteiger partial charge in [0.05, 0.1) is 35.8 Å². The lowest BCUT2D eigenvalue weighted by Gasteiger charge is -2.09. The highest BCUT2D eigenvalue weighted by atomic mass is 35.5. The van der Waals surface area contributed by atoms with E-state index in [0.717, 1.165) is 16.5 Å². The van der Waals surface area contributed by atoms with E-state index >= 15 is 0 Å². The van der Waals surface area contributed by atoms with Gasteiger partial charge in [0.15, 0.2) is 0 Å². The van der Waals surface area contributed by atoms with Crippen molar-refractivity contribution in [3.63, 3.8) is 0 Å². The van der Waals surface area contributed by atoms with E-state index in [-0.39, 0.29) is 5.91 Å². The van der Waals surface area contributed by atoms with Crippen molar-refractivity contribution < 1.29 is 9.53 Å². The zero-order valence-electron chi connectivity index (χ0n) is 16.5. The first-order chi connectivity index (χ1) is 14.6. The third kappa shape index (κ3) is 3.77. The van der Waals surface area contributed by atoms with Crippen LogP contribution in [-0.4, -0.2) is 29.0 Å². The second-order valence-electron chi connectivity index (χ2n) is 6.64. The van der Waals surface area contributed by atoms with Crippen LogP contribution >= 0.6 is 11.6 Å². The number of nitrogens with one attached hydrogen (secondary N) is 1. The van der Waals surface area contributed by atoms with Gasteiger partial charge in [0.25, 0.3) is 5.91 Å². The summed E-state index contributed by atoms with van der Waals surface area (Å²) in [6.45, 7) is 1.83. The van der Waals surface area contributed by atoms with Crippen LogP contribution in [0.2, 0.25) is 5.15 Å². The van der Waals surface area contributed by atoms with Crippen LogP contribution in [0.25, 0.3) is 16.5 Å². The van der Waals surface area contributed by atoms with Crippen LogP contribution in [0.4, 0.5) is 0 Å². The Bertz CT molecular complexity index is 1250. The minimum atomic E-state index is -0.377. The molecule has 150 valence electrons. The van der Waals surface area contributed by atoms with Gasteiger partial charge in [0, 0.05) is 0 Å². The van der Waals surface area contributed by atoms with E-state index in [1.54, 1.807) is 10.7 Å². The van der Waals surface area contributed by atoms with Gasteiger partial charge >= 0.3 is 0 Å². The van der Waals surface area contributed by atoms with Crippen molar-refractivity contribution in [3.05, 3.63) is 88.7 Å². The number of methoxy groups -OCH3 is 1. The number of hydrogen-bond acceptors (Lipinski definition) is 4. The van der Waals surface area contributed by atoms with Gasteiger partial charge in [0.1, 0.15) is 10.9 Å². The van der Waals surface area contributed by atoms with E-state index < -0.39 is 0 Å². The molecule has 0 spiro atoms. The highest BCUT2D eigenvalue weighted by molar-refractivity contribution is 6.32. The highest BCUT2D eigenvalue weighted by Gasteiger charge is 2.15. The number of nitrogens with zero attached hydrogens (tertiary/aromatic N) is 3. The standard InChI is InChI=1S/C23H19ClN4O2/c1-15-20(22(24)28(27-15)18-10-4-3-5-11-18)14-25-26-23(29)19-12-16-8-6-7-9-17(16)13-21(19)30-2/h3-14H,1-2H3,(H,26,29)/b25-14+. The first kappa shape index (κ1) is 19.7. The summed E-state index contributed by atoms with van der Waals surface area (Å²) in [5, 5.41) is 10.9. The summed E-state index contributed by atoms with van der Waals surface area (Å²) >= 11 is 6.49. The summed E-state index contributed by atoms with van der Waals surface area (Å²) in [6, 6.07) is 20.9. The smallest absolute Gasteiger partial charge is 0.275 e. The zero-order valence-corrected chi connectivity index (χ0v) is 17.2. The van der Waals surface area contributed by atoms with Crippen molar-refractivity contribution in [2.24, 2.45) is 5.10 Å². The molecule has 1 amide bonds. The molecule has 7 heteroatoms. The van der Waals surface area contributed by atoms with Gasteiger partial charge in [-0.1, -0.05) is 54.1 Å². The molecular weight excluding hydrogens is 400 g/mol. The minimum Gasteiger partial charge on any atom is -0.496 e. The fraction of sp³-hybridized carbons (Fsp3) is 0.0870. The van der Waals surface area contributed by atoms with Crippen LogP contribution in [0.3, 0.4) is 0 Å². The van der Waals surface area contributed by atoms with Gasteiger partial charge in [0.2, 0.25) is 0 Å². The monoisotopic (exact) mass is 418 g/mol. The molecule has 0 saturated carbocycles. The Morgan fingerprint density at radius 3 is 2.47 bits per heavy atom. The molecule has 4 rings (SSSR count). The molecule has 0 fully saturated rings. The van der Waals surface area contributed by atoms with Crippen molar-refractivity contribution >= 4 is 34.5 Å². The topological polar surface area (TPSA) is 68.5 Å². The Hall–Kier alpha value is -3.64. The molecule has 0 radical (unpaired) electrons. The highest BCUT2D eigenvalue weighted by Crippen LogP contribution is 2.26. The normalized spacial score (nSPS) is 11.2. The zero-order chi connectivity index (χ0) is 21.1. The van der Waals surface area contributed by atoms with Crippen LogP contribution in [0.1, 0.15) is 21.6 Å². The van der Waals surface area contributed by atoms with E-state index in [1.807, 2.05) is 67.6 Å². The summed E-state index contributed by atoms with van der Waals surface area (Å²) < 4.78 is 7.01. The summed E-state index contributed by atoms with van der Waals surface area (Å²) in [5.74, 6) is 0.102. The molecule has 1 aromatic heterocycles. The van der Waals surface area contributed by atoms with Gasteiger partial charge in [-0.05, 0) is 42.0 Å². The van der Waals surface area contributed by atoms with E-state index in [9.17, 15) is 4.79 Å². The summed E-state index contributed by atoms with van der Waals surface area (Å²) in [7, 11) is 1.53. The maximum atomic E-state index is 12.7. The van der Waals surface area contributed by atoms with E-state index in [2.05, 4.69) is 15.6 Å². The first-order valence-corrected chi connectivity index (χ1v) is 9.67. The predicted molar refractivity (Wildman–Crippen MR) is 119 cm³/mol. The molecule has 0 bridgehead atoms. The van der Waals surface area contributed by atoms with Crippen LogP contribution in [0, 0.1) is 6.92 Å². The van der Waals surface area contributed by atoms with E-state index in [0.29, 0.717) is 27.7 Å². The van der Waals surface area contributed by atoms with Crippen molar-refractivity contribution in [2.45, 2.75) is 6.92 Å². The number of fused-ring (bicyclic) bond motifs is 1. The lowest BCUT2D eigenvalue weighted by Crippen LogP contribution is -2.18. The fourth-order valence-electron chi connectivity index (χ4n) is 3.18. The maximum absolute atomic E-state index is 12.7. The molecule has 0 aliphatic carbocycles. The predicted octanol–water partition coefficient (Wildman–Crippen LogP) is 4.76. The number of hydrogen-bond donors (Lipinski definition) is 1. The van der Waals surface area contributed by atoms with Gasteiger partial charge in [-0.15, -0.1) is 0 Å². The van der Waals surface area contributed by atoms with E-state index in [1.165, 1.54) is 13.3 Å². The number of carbonyl (C=O) groups excluding carboxylic acids is 1. The molecule has 0 unspecified atom stereocenters. The fourth-order valence-corrected chi connectivity index (χ4v) is 3.50. The quantitative estimate of drug-likeness (QED) is 0.375. The Morgan fingerprint density at radius 1 is 1.10 bits per heavy atom. The third-order valence-electron chi connectivity index (χ3n) is 4.72. The molecule has 0 aliphatic heterocycles. The van der Waals surface area contributed by atoms with Gasteiger partial charge < -0.3 is 4.74 Å². The Labute approximate surface area is 178 Å². The van der Waals surface area contributed by atoms with E-state index in [4.69, 9.17) is 16.3 Å². The van der Waals surface area contributed by atoms with Crippen LogP contribution in [-0.2, 0) is 0 Å². The Balaban J connectivity index is 1.58. The number of carbonyl (C=O) groups is 1. The second kappa shape index (κ2) is 8.39. The number of ether oxygens (including phenoxy) is 1. The number of rotatable bonds is 5. The largest absolute Gasteiger partial charge is 0.496 e. The molecular formula is C23H19ClN4O2. The number of amides is 1. The molecule has 3 aromatic carbocycles. The summed E-state index contributed by atoms with van der Waals surface area (Å²) in [5.41, 5.74) is 5.12. The van der Waals surface area contributed by atoms with Crippen molar-refractivity contribution in [3.8, 4) is 11.4 Å². The Morgan fingerprint density at radius 2 is 1.77 bits per heavy atom. The molecule has 1 heterocycles. The second-order valence-corrected chi connectivity index (χ2v) is 6.99. The molecule has 6 nitrogen and oxygen atoms in total. The van der Waals surface area contributed by atoms with Crippen LogP contribution < -0.4 is 10.2 Å². The third-order valence-corrected chi connectivity index (χ3v) is 5.08. The number of benzene rings is 3. The lowest BCUT2D eigenvalue weighted by molar-refractivity contribution is 0.0952. The average Bonchev–Trinajstić information content (AvgIpc) is 3.07. The molecule has 0 aliphatic rings. The SMILES string of the molecule is COc1cc2ccccc2cc1C(=O)N/N=C/c1c(C)nn(-c2ccccc2)c1Cl. The Kier molecular flexibility index (Phi) is 5.50. The number of aromatic nitrogens is 2. The number of para-hydroxylation sites is 1. The van der Waals surface area contributed by atoms with Crippen LogP contribution in [0.15, 0.2) is 71.8 Å². The van der Waals surface area contributed by atoms with Gasteiger partial charge in [-0.2, -0.15) is 10.2 Å². The average molecular weight is 419 g/mol. The molecule has 0 atom stereocenters. The van der Waals surface area contributed by atoms with Crippen molar-refractivity contribution in [1.29, 1.82) is 0 Å². The number of aryl methyl sites for hydroxylation is 1. The summed E-state index contributed by atoms with van der Waals surface area (Å²) in [4.78, 5) is 12.7. The van der Waals surface area contributed by atoms with Crippen LogP contribution in [0.5, 0.6) is 5.75 Å². The number of hydrazone groups is 1. The van der Waals surface area contributed by atoms with Gasteiger partial charge in [-0.3, -0.25) is 4.79 Å². The molecule has 4 aromatic rings. The first-order valence-electron chi connectivity index (χ1n) is 9.29. The maximum Gasteiger partial charge on any atom is 0.275 e. The lowest BCUT2D eigenvalue weighted by atomic mass is 10.1. The number of halogens is 1. The van der Waals surface area contributed by atoms with Gasteiger partial charge in [-0.25, -0.2) is 10.1 Å². The molecule has 30 heavy (non-hydrogen) atoms. The van der Waals surface area contributed by atoms with Crippen molar-refractivity contribution in [2.75, 3.05) is 7.11 Å². The molecule has 0 saturated heterocycles. The minimum absolute atomic E-state index is 0.377. The molecule has 1 N–H and O–H groups in total. The summed E-state index contributed by atoms with van der Waals surface area (Å²) in [6.07, 6.45) is 1.50.